The number of ether oxygens (including phenoxy) is 1. The zero-order chi connectivity index (χ0) is 31.2. The van der Waals surface area contributed by atoms with Gasteiger partial charge in [0.2, 0.25) is 0 Å². The molecule has 3 rings (SSSR count). The number of phenols is 1. The maximum Gasteiger partial charge on any atom is 0.146 e. The number of aryl methyl sites for hydroxylation is 2. The fraction of sp³-hybridized carbons (Fsp3) is 0.692. The van der Waals surface area contributed by atoms with Gasteiger partial charge in [-0.3, -0.25) is 0 Å². The minimum Gasteiger partial charge on any atom is -0.505 e. The number of phenolic OH excluding ortho intramolecular Hbond substituents is 1. The standard InChI is InChI=1S/C39H63N3O2/c1-4-7-9-11-13-15-17-19-21-23-25-33-30-34(26-24-22-20-18-16-14-12-10-8-5-2)39(43)38(31-33)42-40-36-28-27-35(44-29-6-3)32-37(36)41-42/h27-28,30-32,43H,4-26,29H2,1-3H3. The van der Waals surface area contributed by atoms with Crippen LogP contribution in [0.5, 0.6) is 11.5 Å². The third-order valence-electron chi connectivity index (χ3n) is 8.89. The van der Waals surface area contributed by atoms with E-state index in [9.17, 15) is 5.11 Å². The first-order valence-electron chi connectivity index (χ1n) is 18.5. The number of rotatable bonds is 26. The molecule has 246 valence electrons. The van der Waals surface area contributed by atoms with Crippen LogP contribution in [-0.2, 0) is 12.8 Å². The van der Waals surface area contributed by atoms with Gasteiger partial charge in [-0.25, -0.2) is 0 Å². The predicted octanol–water partition coefficient (Wildman–Crippen LogP) is 11.8. The van der Waals surface area contributed by atoms with Gasteiger partial charge in [0.1, 0.15) is 28.2 Å². The Hall–Kier alpha value is -2.56. The second-order valence-electron chi connectivity index (χ2n) is 13.0. The molecule has 0 saturated carbocycles. The second kappa shape index (κ2) is 22.0. The minimum atomic E-state index is 0.329. The van der Waals surface area contributed by atoms with Gasteiger partial charge < -0.3 is 9.84 Å². The lowest BCUT2D eigenvalue weighted by Gasteiger charge is -2.13. The van der Waals surface area contributed by atoms with E-state index in [0.717, 1.165) is 48.0 Å². The highest BCUT2D eigenvalue weighted by Crippen LogP contribution is 2.31. The zero-order valence-electron chi connectivity index (χ0n) is 28.6. The highest BCUT2D eigenvalue weighted by Gasteiger charge is 2.15. The number of nitrogens with zero attached hydrogens (tertiary/aromatic N) is 3. The number of benzene rings is 2. The summed E-state index contributed by atoms with van der Waals surface area (Å²) >= 11 is 0. The summed E-state index contributed by atoms with van der Waals surface area (Å²) < 4.78 is 5.82. The maximum absolute atomic E-state index is 11.4. The second-order valence-corrected chi connectivity index (χ2v) is 13.0. The average molecular weight is 606 g/mol. The lowest BCUT2D eigenvalue weighted by Crippen LogP contribution is -2.03. The van der Waals surface area contributed by atoms with Crippen LogP contribution in [0.25, 0.3) is 16.7 Å². The number of unbranched alkanes of at least 4 members (excludes halogenated alkanes) is 18. The fourth-order valence-electron chi connectivity index (χ4n) is 6.16. The largest absolute Gasteiger partial charge is 0.505 e. The number of fused-ring (bicyclic) bond motifs is 1. The van der Waals surface area contributed by atoms with Crippen molar-refractivity contribution < 1.29 is 9.84 Å². The molecule has 0 spiro atoms. The van der Waals surface area contributed by atoms with E-state index < -0.39 is 0 Å². The molecule has 0 radical (unpaired) electrons. The van der Waals surface area contributed by atoms with Crippen molar-refractivity contribution in [2.24, 2.45) is 0 Å². The Morgan fingerprint density at radius 1 is 0.568 bits per heavy atom. The lowest BCUT2D eigenvalue weighted by atomic mass is 9.98. The Morgan fingerprint density at radius 3 is 1.66 bits per heavy atom. The molecular formula is C39H63N3O2. The van der Waals surface area contributed by atoms with E-state index in [2.05, 4.69) is 32.9 Å². The average Bonchev–Trinajstić information content (AvgIpc) is 3.46. The Bertz CT molecular complexity index is 1170. The molecule has 0 fully saturated rings. The topological polar surface area (TPSA) is 60.2 Å². The van der Waals surface area contributed by atoms with Crippen molar-refractivity contribution in [1.82, 2.24) is 15.0 Å². The van der Waals surface area contributed by atoms with E-state index in [1.165, 1.54) is 128 Å². The van der Waals surface area contributed by atoms with E-state index in [-0.39, 0.29) is 0 Å². The first-order chi connectivity index (χ1) is 21.7. The normalized spacial score (nSPS) is 11.5. The molecule has 1 aromatic heterocycles. The van der Waals surface area contributed by atoms with Crippen molar-refractivity contribution >= 4 is 11.0 Å². The molecule has 44 heavy (non-hydrogen) atoms. The van der Waals surface area contributed by atoms with Crippen LogP contribution in [0, 0.1) is 0 Å². The van der Waals surface area contributed by atoms with Gasteiger partial charge in [0.25, 0.3) is 0 Å². The van der Waals surface area contributed by atoms with Gasteiger partial charge in [-0.2, -0.15) is 0 Å². The summed E-state index contributed by atoms with van der Waals surface area (Å²) in [5.41, 5.74) is 4.62. The van der Waals surface area contributed by atoms with Gasteiger partial charge in [-0.1, -0.05) is 142 Å². The monoisotopic (exact) mass is 605 g/mol. The number of aromatic hydroxyl groups is 1. The first-order valence-corrected chi connectivity index (χ1v) is 18.5. The van der Waals surface area contributed by atoms with Crippen molar-refractivity contribution in [1.29, 1.82) is 0 Å². The quantitative estimate of drug-likeness (QED) is 0.0925. The molecule has 2 aromatic carbocycles. The molecule has 0 amide bonds. The molecule has 3 aromatic rings. The lowest BCUT2D eigenvalue weighted by molar-refractivity contribution is 0.318. The van der Waals surface area contributed by atoms with Gasteiger partial charge in [0.05, 0.1) is 6.61 Å². The summed E-state index contributed by atoms with van der Waals surface area (Å²) in [6.45, 7) is 7.35. The minimum absolute atomic E-state index is 0.329. The number of aromatic nitrogens is 3. The van der Waals surface area contributed by atoms with Gasteiger partial charge in [0, 0.05) is 6.07 Å². The molecule has 0 saturated heterocycles. The Labute approximate surface area is 269 Å². The molecule has 0 aliphatic carbocycles. The van der Waals surface area contributed by atoms with E-state index >= 15 is 0 Å². The van der Waals surface area contributed by atoms with Crippen LogP contribution in [0.3, 0.4) is 0 Å². The molecule has 0 aliphatic rings. The molecule has 0 bridgehead atoms. The van der Waals surface area contributed by atoms with E-state index in [4.69, 9.17) is 14.9 Å². The zero-order valence-corrected chi connectivity index (χ0v) is 28.6. The van der Waals surface area contributed by atoms with Crippen molar-refractivity contribution in [3.8, 4) is 17.2 Å². The van der Waals surface area contributed by atoms with Gasteiger partial charge in [-0.15, -0.1) is 15.0 Å². The van der Waals surface area contributed by atoms with E-state index in [1.807, 2.05) is 18.2 Å². The highest BCUT2D eigenvalue weighted by molar-refractivity contribution is 5.76. The summed E-state index contributed by atoms with van der Waals surface area (Å²) in [6, 6.07) is 10.2. The predicted molar refractivity (Wildman–Crippen MR) is 187 cm³/mol. The summed E-state index contributed by atoms with van der Waals surface area (Å²) in [5.74, 6) is 1.14. The van der Waals surface area contributed by atoms with Crippen LogP contribution < -0.4 is 4.74 Å². The smallest absolute Gasteiger partial charge is 0.146 e. The van der Waals surface area contributed by atoms with Crippen LogP contribution in [0.15, 0.2) is 30.3 Å². The summed E-state index contributed by atoms with van der Waals surface area (Å²) in [6.07, 6.45) is 29.4. The summed E-state index contributed by atoms with van der Waals surface area (Å²) in [5, 5.41) is 21.0. The van der Waals surface area contributed by atoms with Crippen molar-refractivity contribution in [2.45, 2.75) is 168 Å². The Kier molecular flexibility index (Phi) is 18.0. The van der Waals surface area contributed by atoms with Crippen molar-refractivity contribution in [3.05, 3.63) is 41.5 Å². The SMILES string of the molecule is CCCCCCCCCCCCc1cc(CCCCCCCCCCCC)c(O)c(-n2nc3ccc(OCCC)cc3n2)c1. The molecule has 5 nitrogen and oxygen atoms in total. The number of hydrogen-bond acceptors (Lipinski definition) is 4. The van der Waals surface area contributed by atoms with Crippen LogP contribution >= 0.6 is 0 Å². The van der Waals surface area contributed by atoms with Gasteiger partial charge >= 0.3 is 0 Å². The molecule has 0 unspecified atom stereocenters. The molecule has 0 aliphatic heterocycles. The number of hydrogen-bond donors (Lipinski definition) is 1. The Morgan fingerprint density at radius 2 is 1.09 bits per heavy atom. The molecular weight excluding hydrogens is 542 g/mol. The fourth-order valence-corrected chi connectivity index (χ4v) is 6.16. The van der Waals surface area contributed by atoms with Gasteiger partial charge in [-0.05, 0) is 61.4 Å². The maximum atomic E-state index is 11.4. The van der Waals surface area contributed by atoms with E-state index in [1.54, 1.807) is 4.80 Å². The van der Waals surface area contributed by atoms with Crippen LogP contribution in [0.1, 0.15) is 167 Å². The summed E-state index contributed by atoms with van der Waals surface area (Å²) in [4.78, 5) is 1.63. The van der Waals surface area contributed by atoms with E-state index in [0.29, 0.717) is 18.0 Å². The third-order valence-corrected chi connectivity index (χ3v) is 8.89. The van der Waals surface area contributed by atoms with Gasteiger partial charge in [0.15, 0.2) is 0 Å². The van der Waals surface area contributed by atoms with Crippen molar-refractivity contribution in [2.75, 3.05) is 6.61 Å². The highest BCUT2D eigenvalue weighted by atomic mass is 16.5. The Balaban J connectivity index is 1.60. The molecule has 5 heteroatoms. The van der Waals surface area contributed by atoms with Crippen LogP contribution in [0.2, 0.25) is 0 Å². The van der Waals surface area contributed by atoms with Crippen LogP contribution in [0.4, 0.5) is 0 Å². The van der Waals surface area contributed by atoms with Crippen LogP contribution in [-0.4, -0.2) is 26.7 Å². The summed E-state index contributed by atoms with van der Waals surface area (Å²) in [7, 11) is 0. The molecule has 1 heterocycles. The first kappa shape index (κ1) is 35.9. The third kappa shape index (κ3) is 13.2. The molecule has 0 atom stereocenters. The molecule has 1 N–H and O–H groups in total. The van der Waals surface area contributed by atoms with Crippen molar-refractivity contribution in [3.63, 3.8) is 0 Å².